The van der Waals surface area contributed by atoms with E-state index in [2.05, 4.69) is 39.4 Å². The molecule has 1 amide bonds. The van der Waals surface area contributed by atoms with Gasteiger partial charge >= 0.3 is 0 Å². The van der Waals surface area contributed by atoms with E-state index in [1.54, 1.807) is 30.5 Å². The summed E-state index contributed by atoms with van der Waals surface area (Å²) in [5.41, 5.74) is 7.49. The van der Waals surface area contributed by atoms with E-state index in [-0.39, 0.29) is 11.7 Å². The zero-order valence-corrected chi connectivity index (χ0v) is 15.2. The van der Waals surface area contributed by atoms with Crippen LogP contribution in [0, 0.1) is 0 Å². The fourth-order valence-electron chi connectivity index (χ4n) is 3.85. The number of amides is 1. The van der Waals surface area contributed by atoms with Gasteiger partial charge in [0.2, 0.25) is 5.91 Å². The molecule has 4 rings (SSSR count). The number of carbonyl (C=O) groups excluding carboxylic acids is 1. The number of aromatic hydroxyl groups is 1. The van der Waals surface area contributed by atoms with Gasteiger partial charge in [-0.25, -0.2) is 5.43 Å². The quantitative estimate of drug-likeness (QED) is 0.537. The molecule has 0 spiro atoms. The van der Waals surface area contributed by atoms with Gasteiger partial charge in [0, 0.05) is 29.6 Å². The molecule has 0 aliphatic heterocycles. The highest BCUT2D eigenvalue weighted by Gasteiger charge is 2.19. The number of phenolic OH excluding ortho intramolecular Hbond substituents is 1. The molecule has 1 aromatic heterocycles. The molecular weight excluding hydrogens is 338 g/mol. The fraction of sp³-hybridized carbons (Fsp3) is 0.273. The Labute approximate surface area is 158 Å². The Morgan fingerprint density at radius 2 is 1.89 bits per heavy atom. The molecule has 0 fully saturated rings. The molecule has 1 heterocycles. The van der Waals surface area contributed by atoms with E-state index >= 15 is 0 Å². The molecule has 0 unspecified atom stereocenters. The molecule has 138 valence electrons. The van der Waals surface area contributed by atoms with Crippen molar-refractivity contribution in [2.24, 2.45) is 5.10 Å². The van der Waals surface area contributed by atoms with Crippen molar-refractivity contribution in [2.75, 3.05) is 0 Å². The van der Waals surface area contributed by atoms with Crippen molar-refractivity contribution in [1.82, 2.24) is 9.99 Å². The number of nitrogens with one attached hydrogen (secondary N) is 1. The number of phenols is 1. The standard InChI is InChI=1S/C22H23N3O2/c26-17-11-9-16(10-12-17)15-23-24-22(27)13-14-25-20-7-3-1-5-18(20)19-6-2-4-8-21(19)25/h1,3,5,7,9-12,15,26H,2,4,6,8,13-14H2,(H,24,27). The van der Waals surface area contributed by atoms with Crippen molar-refractivity contribution in [1.29, 1.82) is 0 Å². The Balaban J connectivity index is 1.43. The van der Waals surface area contributed by atoms with Crippen LogP contribution in [0.1, 0.15) is 36.1 Å². The van der Waals surface area contributed by atoms with Gasteiger partial charge in [0.05, 0.1) is 6.21 Å². The third-order valence-corrected chi connectivity index (χ3v) is 5.14. The van der Waals surface area contributed by atoms with Crippen LogP contribution in [0.25, 0.3) is 10.9 Å². The third-order valence-electron chi connectivity index (χ3n) is 5.14. The van der Waals surface area contributed by atoms with E-state index in [1.807, 2.05) is 0 Å². The van der Waals surface area contributed by atoms with Crippen LogP contribution in [0.15, 0.2) is 53.6 Å². The largest absolute Gasteiger partial charge is 0.508 e. The normalized spacial score (nSPS) is 13.8. The molecular formula is C22H23N3O2. The summed E-state index contributed by atoms with van der Waals surface area (Å²) in [5.74, 6) is 0.103. The fourth-order valence-corrected chi connectivity index (χ4v) is 3.85. The van der Waals surface area contributed by atoms with Crippen LogP contribution in [-0.2, 0) is 24.2 Å². The maximum absolute atomic E-state index is 12.2. The lowest BCUT2D eigenvalue weighted by Gasteiger charge is -2.15. The van der Waals surface area contributed by atoms with Crippen LogP contribution < -0.4 is 5.43 Å². The zero-order chi connectivity index (χ0) is 18.6. The van der Waals surface area contributed by atoms with Gasteiger partial charge in [0.1, 0.15) is 5.75 Å². The molecule has 0 bridgehead atoms. The van der Waals surface area contributed by atoms with Gasteiger partial charge in [0.25, 0.3) is 0 Å². The first-order valence-electron chi connectivity index (χ1n) is 9.42. The number of hydrogen-bond acceptors (Lipinski definition) is 3. The van der Waals surface area contributed by atoms with Crippen LogP contribution >= 0.6 is 0 Å². The van der Waals surface area contributed by atoms with Crippen molar-refractivity contribution >= 4 is 23.0 Å². The summed E-state index contributed by atoms with van der Waals surface area (Å²) in [5, 5.41) is 14.6. The number of rotatable bonds is 5. The summed E-state index contributed by atoms with van der Waals surface area (Å²) < 4.78 is 2.31. The van der Waals surface area contributed by atoms with E-state index in [4.69, 9.17) is 0 Å². The summed E-state index contributed by atoms with van der Waals surface area (Å²) >= 11 is 0. The second-order valence-corrected chi connectivity index (χ2v) is 6.94. The Hall–Kier alpha value is -3.08. The lowest BCUT2D eigenvalue weighted by Crippen LogP contribution is -2.20. The summed E-state index contributed by atoms with van der Waals surface area (Å²) in [6, 6.07) is 15.1. The van der Waals surface area contributed by atoms with Crippen LogP contribution in [0.4, 0.5) is 0 Å². The minimum atomic E-state index is -0.104. The Morgan fingerprint density at radius 3 is 2.74 bits per heavy atom. The molecule has 0 radical (unpaired) electrons. The Bertz CT molecular complexity index is 987. The van der Waals surface area contributed by atoms with E-state index < -0.39 is 0 Å². The SMILES string of the molecule is O=C(CCn1c2c(c3ccccc31)CCCC2)NN=Cc1ccc(O)cc1. The minimum Gasteiger partial charge on any atom is -0.508 e. The van der Waals surface area contributed by atoms with Crippen molar-refractivity contribution < 1.29 is 9.90 Å². The summed E-state index contributed by atoms with van der Waals surface area (Å²) in [4.78, 5) is 12.2. The molecule has 5 heteroatoms. The maximum Gasteiger partial charge on any atom is 0.241 e. The summed E-state index contributed by atoms with van der Waals surface area (Å²) in [6.07, 6.45) is 6.64. The number of aromatic nitrogens is 1. The number of hydrogen-bond donors (Lipinski definition) is 2. The van der Waals surface area contributed by atoms with Gasteiger partial charge in [-0.3, -0.25) is 4.79 Å². The van der Waals surface area contributed by atoms with Crippen LogP contribution in [0.5, 0.6) is 5.75 Å². The number of nitrogens with zero attached hydrogens (tertiary/aromatic N) is 2. The van der Waals surface area contributed by atoms with Crippen molar-refractivity contribution in [3.8, 4) is 5.75 Å². The second-order valence-electron chi connectivity index (χ2n) is 6.94. The lowest BCUT2D eigenvalue weighted by atomic mass is 9.95. The predicted molar refractivity (Wildman–Crippen MR) is 107 cm³/mol. The van der Waals surface area contributed by atoms with E-state index in [9.17, 15) is 9.90 Å². The maximum atomic E-state index is 12.2. The van der Waals surface area contributed by atoms with E-state index in [1.165, 1.54) is 35.0 Å². The topological polar surface area (TPSA) is 66.6 Å². The monoisotopic (exact) mass is 361 g/mol. The van der Waals surface area contributed by atoms with E-state index in [0.717, 1.165) is 18.4 Å². The number of carbonyl (C=O) groups is 1. The first-order chi connectivity index (χ1) is 13.2. The average molecular weight is 361 g/mol. The number of aryl methyl sites for hydroxylation is 2. The molecule has 1 aliphatic rings. The highest BCUT2D eigenvalue weighted by Crippen LogP contribution is 2.32. The minimum absolute atomic E-state index is 0.104. The van der Waals surface area contributed by atoms with E-state index in [0.29, 0.717) is 13.0 Å². The number of hydrazone groups is 1. The van der Waals surface area contributed by atoms with Gasteiger partial charge in [-0.2, -0.15) is 5.10 Å². The third kappa shape index (κ3) is 3.72. The van der Waals surface area contributed by atoms with Gasteiger partial charge in [0.15, 0.2) is 0 Å². The molecule has 5 nitrogen and oxygen atoms in total. The number of fused-ring (bicyclic) bond motifs is 3. The molecule has 2 N–H and O–H groups in total. The Morgan fingerprint density at radius 1 is 1.11 bits per heavy atom. The number of benzene rings is 2. The first kappa shape index (κ1) is 17.3. The molecule has 27 heavy (non-hydrogen) atoms. The van der Waals surface area contributed by atoms with Crippen LogP contribution in [0.2, 0.25) is 0 Å². The highest BCUT2D eigenvalue weighted by molar-refractivity contribution is 5.86. The van der Waals surface area contributed by atoms with Gasteiger partial charge < -0.3 is 9.67 Å². The molecule has 0 saturated heterocycles. The first-order valence-corrected chi connectivity index (χ1v) is 9.42. The van der Waals surface area contributed by atoms with Gasteiger partial charge in [-0.1, -0.05) is 18.2 Å². The van der Waals surface area contributed by atoms with Gasteiger partial charge in [-0.05, 0) is 67.1 Å². The van der Waals surface area contributed by atoms with Crippen LogP contribution in [-0.4, -0.2) is 21.8 Å². The second kappa shape index (κ2) is 7.66. The smallest absolute Gasteiger partial charge is 0.241 e. The molecule has 2 aromatic carbocycles. The predicted octanol–water partition coefficient (Wildman–Crippen LogP) is 3.77. The molecule has 3 aromatic rings. The number of para-hydroxylation sites is 1. The summed E-state index contributed by atoms with van der Waals surface area (Å²) in [6.45, 7) is 0.663. The van der Waals surface area contributed by atoms with Crippen LogP contribution in [0.3, 0.4) is 0 Å². The van der Waals surface area contributed by atoms with Crippen molar-refractivity contribution in [3.63, 3.8) is 0 Å². The zero-order valence-electron chi connectivity index (χ0n) is 15.2. The molecule has 0 saturated carbocycles. The van der Waals surface area contributed by atoms with Gasteiger partial charge in [-0.15, -0.1) is 0 Å². The molecule has 0 atom stereocenters. The summed E-state index contributed by atoms with van der Waals surface area (Å²) in [7, 11) is 0. The average Bonchev–Trinajstić information content (AvgIpc) is 3.02. The highest BCUT2D eigenvalue weighted by atomic mass is 16.3. The van der Waals surface area contributed by atoms with Crippen molar-refractivity contribution in [3.05, 3.63) is 65.4 Å². The molecule has 1 aliphatic carbocycles. The van der Waals surface area contributed by atoms with Crippen molar-refractivity contribution in [2.45, 2.75) is 38.6 Å². The Kier molecular flexibility index (Phi) is 4.92. The lowest BCUT2D eigenvalue weighted by molar-refractivity contribution is -0.121.